The highest BCUT2D eigenvalue weighted by Gasteiger charge is 2.27. The molecule has 7 heteroatoms. The third kappa shape index (κ3) is 3.81. The van der Waals surface area contributed by atoms with Gasteiger partial charge in [0.2, 0.25) is 11.9 Å². The summed E-state index contributed by atoms with van der Waals surface area (Å²) in [7, 11) is 1.63. The van der Waals surface area contributed by atoms with Crippen molar-refractivity contribution in [1.82, 2.24) is 15.0 Å². The van der Waals surface area contributed by atoms with E-state index in [2.05, 4.69) is 25.2 Å². The van der Waals surface area contributed by atoms with Crippen molar-refractivity contribution in [3.8, 4) is 5.75 Å². The van der Waals surface area contributed by atoms with Crippen molar-refractivity contribution in [3.63, 3.8) is 0 Å². The maximum Gasteiger partial charge on any atom is 0.229 e. The Balaban J connectivity index is 1.46. The van der Waals surface area contributed by atoms with Gasteiger partial charge in [0.05, 0.1) is 30.4 Å². The molecule has 0 bridgehead atoms. The lowest BCUT2D eigenvalue weighted by atomic mass is 9.97. The zero-order valence-corrected chi connectivity index (χ0v) is 15.1. The summed E-state index contributed by atoms with van der Waals surface area (Å²) in [5, 5.41) is 3.96. The zero-order chi connectivity index (χ0) is 18.6. The second-order valence-corrected chi connectivity index (χ2v) is 6.61. The van der Waals surface area contributed by atoms with E-state index < -0.39 is 0 Å². The number of benzene rings is 1. The molecule has 7 nitrogen and oxygen atoms in total. The number of carbonyl (C=O) groups is 1. The lowest BCUT2D eigenvalue weighted by molar-refractivity contribution is -0.120. The highest BCUT2D eigenvalue weighted by Crippen LogP contribution is 2.24. The zero-order valence-electron chi connectivity index (χ0n) is 15.1. The maximum atomic E-state index is 12.8. The molecule has 3 aromatic rings. The van der Waals surface area contributed by atoms with Crippen molar-refractivity contribution in [1.29, 1.82) is 0 Å². The fraction of sp³-hybridized carbons (Fsp3) is 0.300. The van der Waals surface area contributed by atoms with Gasteiger partial charge in [0.25, 0.3) is 0 Å². The lowest BCUT2D eigenvalue weighted by Gasteiger charge is -2.31. The van der Waals surface area contributed by atoms with Gasteiger partial charge in [0.1, 0.15) is 5.75 Å². The Morgan fingerprint density at radius 3 is 2.89 bits per heavy atom. The topological polar surface area (TPSA) is 80.2 Å². The van der Waals surface area contributed by atoms with E-state index in [1.165, 1.54) is 0 Å². The van der Waals surface area contributed by atoms with Crippen molar-refractivity contribution in [3.05, 3.63) is 48.9 Å². The fourth-order valence-electron chi connectivity index (χ4n) is 3.37. The van der Waals surface area contributed by atoms with Crippen LogP contribution in [0.4, 0.5) is 11.6 Å². The second kappa shape index (κ2) is 7.57. The summed E-state index contributed by atoms with van der Waals surface area (Å²) in [4.78, 5) is 27.8. The van der Waals surface area contributed by atoms with Crippen molar-refractivity contribution >= 4 is 28.4 Å². The van der Waals surface area contributed by atoms with E-state index >= 15 is 0 Å². The standard InChI is InChI=1S/C20H21N5O2/c1-27-17-6-5-14-10-16(12-23-18(14)11-17)24-19(26)15-4-2-9-25(13-15)20-21-7-3-8-22-20/h3,5-8,10-12,15H,2,4,9,13H2,1H3,(H,24,26). The van der Waals surface area contributed by atoms with Crippen LogP contribution in [-0.2, 0) is 4.79 Å². The largest absolute Gasteiger partial charge is 0.497 e. The van der Waals surface area contributed by atoms with Gasteiger partial charge in [-0.15, -0.1) is 0 Å². The average molecular weight is 363 g/mol. The van der Waals surface area contributed by atoms with E-state index in [1.54, 1.807) is 31.8 Å². The molecule has 4 rings (SSSR count). The Morgan fingerprint density at radius 1 is 1.22 bits per heavy atom. The molecule has 1 N–H and O–H groups in total. The van der Waals surface area contributed by atoms with Crippen molar-refractivity contribution < 1.29 is 9.53 Å². The number of carbonyl (C=O) groups excluding carboxylic acids is 1. The van der Waals surface area contributed by atoms with E-state index in [0.29, 0.717) is 18.2 Å². The van der Waals surface area contributed by atoms with Crippen LogP contribution in [0.1, 0.15) is 12.8 Å². The number of ether oxygens (including phenoxy) is 1. The molecule has 1 unspecified atom stereocenters. The minimum absolute atomic E-state index is 0.00490. The Kier molecular flexibility index (Phi) is 4.82. The number of anilines is 2. The quantitative estimate of drug-likeness (QED) is 0.768. The Bertz CT molecular complexity index is 948. The van der Waals surface area contributed by atoms with Gasteiger partial charge in [-0.25, -0.2) is 9.97 Å². The van der Waals surface area contributed by atoms with E-state index in [-0.39, 0.29) is 11.8 Å². The van der Waals surface area contributed by atoms with Gasteiger partial charge in [-0.05, 0) is 37.1 Å². The molecule has 1 amide bonds. The van der Waals surface area contributed by atoms with Crippen LogP contribution in [0.5, 0.6) is 5.75 Å². The third-order valence-electron chi connectivity index (χ3n) is 4.79. The molecular weight excluding hydrogens is 342 g/mol. The van der Waals surface area contributed by atoms with Crippen molar-refractivity contribution in [2.75, 3.05) is 30.4 Å². The number of piperidine rings is 1. The Hall–Kier alpha value is -3.22. The van der Waals surface area contributed by atoms with Crippen LogP contribution in [0.25, 0.3) is 10.9 Å². The molecule has 0 aliphatic carbocycles. The lowest BCUT2D eigenvalue weighted by Crippen LogP contribution is -2.41. The number of methoxy groups -OCH3 is 1. The van der Waals surface area contributed by atoms with Gasteiger partial charge >= 0.3 is 0 Å². The first-order valence-electron chi connectivity index (χ1n) is 8.99. The molecule has 1 aromatic carbocycles. The molecule has 1 atom stereocenters. The number of rotatable bonds is 4. The summed E-state index contributed by atoms with van der Waals surface area (Å²) in [5.74, 6) is 1.34. The first-order chi connectivity index (χ1) is 13.2. The molecule has 1 fully saturated rings. The number of aromatic nitrogens is 3. The molecular formula is C20H21N5O2. The van der Waals surface area contributed by atoms with Crippen LogP contribution >= 0.6 is 0 Å². The molecule has 0 spiro atoms. The van der Waals surface area contributed by atoms with Gasteiger partial charge in [0.15, 0.2) is 0 Å². The highest BCUT2D eigenvalue weighted by atomic mass is 16.5. The van der Waals surface area contributed by atoms with Gasteiger partial charge in [-0.3, -0.25) is 9.78 Å². The molecule has 1 aliphatic rings. The Morgan fingerprint density at radius 2 is 2.07 bits per heavy atom. The van der Waals surface area contributed by atoms with E-state index in [1.807, 2.05) is 24.3 Å². The predicted octanol–water partition coefficient (Wildman–Crippen LogP) is 2.89. The van der Waals surface area contributed by atoms with E-state index in [9.17, 15) is 4.79 Å². The van der Waals surface area contributed by atoms with E-state index in [0.717, 1.165) is 36.0 Å². The number of amides is 1. The minimum Gasteiger partial charge on any atom is -0.497 e. The normalized spacial score (nSPS) is 16.9. The van der Waals surface area contributed by atoms with Crippen LogP contribution in [0, 0.1) is 5.92 Å². The van der Waals surface area contributed by atoms with Gasteiger partial charge < -0.3 is 15.0 Å². The monoisotopic (exact) mass is 363 g/mol. The highest BCUT2D eigenvalue weighted by molar-refractivity contribution is 5.95. The summed E-state index contributed by atoms with van der Waals surface area (Å²) in [6.45, 7) is 1.49. The molecule has 2 aromatic heterocycles. The van der Waals surface area contributed by atoms with Crippen molar-refractivity contribution in [2.45, 2.75) is 12.8 Å². The number of nitrogens with one attached hydrogen (secondary N) is 1. The molecule has 0 saturated carbocycles. The SMILES string of the molecule is COc1ccc2cc(NC(=O)C3CCCN(c4ncccn4)C3)cnc2c1. The van der Waals surface area contributed by atoms with Crippen LogP contribution in [0.15, 0.2) is 48.9 Å². The second-order valence-electron chi connectivity index (χ2n) is 6.61. The molecule has 138 valence electrons. The molecule has 3 heterocycles. The maximum absolute atomic E-state index is 12.8. The smallest absolute Gasteiger partial charge is 0.229 e. The summed E-state index contributed by atoms with van der Waals surface area (Å²) >= 11 is 0. The number of fused-ring (bicyclic) bond motifs is 1. The Labute approximate surface area is 157 Å². The van der Waals surface area contributed by atoms with Crippen LogP contribution < -0.4 is 15.0 Å². The first kappa shape index (κ1) is 17.2. The number of hydrogen-bond acceptors (Lipinski definition) is 6. The van der Waals surface area contributed by atoms with Gasteiger partial charge in [-0.1, -0.05) is 0 Å². The first-order valence-corrected chi connectivity index (χ1v) is 8.99. The summed E-state index contributed by atoms with van der Waals surface area (Å²) in [5.41, 5.74) is 1.53. The van der Waals surface area contributed by atoms with Gasteiger partial charge in [-0.2, -0.15) is 0 Å². The molecule has 0 radical (unpaired) electrons. The van der Waals surface area contributed by atoms with Crippen LogP contribution in [-0.4, -0.2) is 41.1 Å². The number of pyridine rings is 1. The van der Waals surface area contributed by atoms with Crippen LogP contribution in [0.2, 0.25) is 0 Å². The van der Waals surface area contributed by atoms with Gasteiger partial charge in [0, 0.05) is 36.9 Å². The predicted molar refractivity (Wildman–Crippen MR) is 104 cm³/mol. The minimum atomic E-state index is -0.103. The summed E-state index contributed by atoms with van der Waals surface area (Å²) in [6, 6.07) is 9.42. The fourth-order valence-corrected chi connectivity index (χ4v) is 3.37. The average Bonchev–Trinajstić information content (AvgIpc) is 2.74. The van der Waals surface area contributed by atoms with Crippen LogP contribution in [0.3, 0.4) is 0 Å². The molecule has 27 heavy (non-hydrogen) atoms. The summed E-state index contributed by atoms with van der Waals surface area (Å²) < 4.78 is 5.22. The third-order valence-corrected chi connectivity index (χ3v) is 4.79. The summed E-state index contributed by atoms with van der Waals surface area (Å²) in [6.07, 6.45) is 6.92. The van der Waals surface area contributed by atoms with E-state index in [4.69, 9.17) is 4.74 Å². The molecule has 1 aliphatic heterocycles. The number of nitrogens with zero attached hydrogens (tertiary/aromatic N) is 4. The molecule has 1 saturated heterocycles. The number of hydrogen-bond donors (Lipinski definition) is 1. The van der Waals surface area contributed by atoms with Crippen molar-refractivity contribution in [2.24, 2.45) is 5.92 Å².